The second-order valence-electron chi connectivity index (χ2n) is 3.46. The molecule has 0 saturated carbocycles. The molecule has 1 rings (SSSR count). The standard InChI is InChI=1S/C13H19NO4/c1-4-9-14(13(15)17-6-3)12(16-5-2)11-8-7-10-18-11/h4,7-8,10,12H,1,5-6,9H2,2-3H3. The number of hydrogen-bond donors (Lipinski definition) is 0. The SMILES string of the molecule is C=CCN(C(=O)OCC)C(OCC)c1ccco1. The van der Waals surface area contributed by atoms with Gasteiger partial charge in [0.15, 0.2) is 12.0 Å². The summed E-state index contributed by atoms with van der Waals surface area (Å²) in [5, 5.41) is 0. The van der Waals surface area contributed by atoms with Crippen LogP contribution >= 0.6 is 0 Å². The zero-order valence-corrected chi connectivity index (χ0v) is 10.8. The van der Waals surface area contributed by atoms with Gasteiger partial charge in [-0.3, -0.25) is 4.90 Å². The molecule has 0 radical (unpaired) electrons. The fraction of sp³-hybridized carbons (Fsp3) is 0.462. The van der Waals surface area contributed by atoms with E-state index in [1.807, 2.05) is 6.92 Å². The van der Waals surface area contributed by atoms with E-state index in [-0.39, 0.29) is 0 Å². The maximum Gasteiger partial charge on any atom is 0.412 e. The van der Waals surface area contributed by atoms with Gasteiger partial charge < -0.3 is 13.9 Å². The maximum absolute atomic E-state index is 11.9. The highest BCUT2D eigenvalue weighted by Gasteiger charge is 2.27. The van der Waals surface area contributed by atoms with Gasteiger partial charge >= 0.3 is 6.09 Å². The lowest BCUT2D eigenvalue weighted by Crippen LogP contribution is -2.36. The van der Waals surface area contributed by atoms with Crippen molar-refractivity contribution in [1.82, 2.24) is 4.90 Å². The molecule has 5 nitrogen and oxygen atoms in total. The normalized spacial score (nSPS) is 11.9. The number of nitrogens with zero attached hydrogens (tertiary/aromatic N) is 1. The van der Waals surface area contributed by atoms with Crippen LogP contribution in [0, 0.1) is 0 Å². The van der Waals surface area contributed by atoms with Crippen LogP contribution in [0.25, 0.3) is 0 Å². The summed E-state index contributed by atoms with van der Waals surface area (Å²) in [5.74, 6) is 0.562. The molecule has 0 aliphatic heterocycles. The Bertz CT molecular complexity index is 361. The summed E-state index contributed by atoms with van der Waals surface area (Å²) >= 11 is 0. The molecule has 0 bridgehead atoms. The highest BCUT2D eigenvalue weighted by Crippen LogP contribution is 2.23. The fourth-order valence-electron chi connectivity index (χ4n) is 1.53. The van der Waals surface area contributed by atoms with Gasteiger partial charge in [0, 0.05) is 13.2 Å². The van der Waals surface area contributed by atoms with E-state index in [9.17, 15) is 4.79 Å². The van der Waals surface area contributed by atoms with Crippen molar-refractivity contribution in [1.29, 1.82) is 0 Å². The first-order valence-electron chi connectivity index (χ1n) is 5.93. The minimum Gasteiger partial charge on any atom is -0.465 e. The molecule has 1 atom stereocenters. The molecule has 18 heavy (non-hydrogen) atoms. The topological polar surface area (TPSA) is 51.9 Å². The van der Waals surface area contributed by atoms with Crippen LogP contribution in [-0.4, -0.2) is 30.8 Å². The molecule has 5 heteroatoms. The van der Waals surface area contributed by atoms with Crippen LogP contribution in [-0.2, 0) is 9.47 Å². The zero-order valence-electron chi connectivity index (χ0n) is 10.8. The highest BCUT2D eigenvalue weighted by atomic mass is 16.6. The Kier molecular flexibility index (Phi) is 6.00. The number of rotatable bonds is 7. The summed E-state index contributed by atoms with van der Waals surface area (Å²) < 4.78 is 15.8. The van der Waals surface area contributed by atoms with Crippen LogP contribution in [0.15, 0.2) is 35.5 Å². The first kappa shape index (κ1) is 14.3. The quantitative estimate of drug-likeness (QED) is 0.553. The fourth-order valence-corrected chi connectivity index (χ4v) is 1.53. The monoisotopic (exact) mass is 253 g/mol. The van der Waals surface area contributed by atoms with Crippen molar-refractivity contribution in [3.05, 3.63) is 36.8 Å². The molecule has 1 aromatic rings. The third kappa shape index (κ3) is 3.63. The van der Waals surface area contributed by atoms with Crippen molar-refractivity contribution in [2.75, 3.05) is 19.8 Å². The third-order valence-corrected chi connectivity index (χ3v) is 2.22. The Morgan fingerprint density at radius 3 is 2.83 bits per heavy atom. The molecule has 0 fully saturated rings. The molecule has 0 aliphatic rings. The van der Waals surface area contributed by atoms with Crippen molar-refractivity contribution in [3.63, 3.8) is 0 Å². The van der Waals surface area contributed by atoms with Gasteiger partial charge in [-0.25, -0.2) is 4.79 Å². The van der Waals surface area contributed by atoms with Crippen LogP contribution in [0.5, 0.6) is 0 Å². The summed E-state index contributed by atoms with van der Waals surface area (Å²) in [6.07, 6.45) is 2.11. The van der Waals surface area contributed by atoms with Crippen molar-refractivity contribution in [2.24, 2.45) is 0 Å². The van der Waals surface area contributed by atoms with Crippen LogP contribution in [0.1, 0.15) is 25.8 Å². The Morgan fingerprint density at radius 1 is 1.56 bits per heavy atom. The highest BCUT2D eigenvalue weighted by molar-refractivity contribution is 5.68. The molecule has 0 N–H and O–H groups in total. The van der Waals surface area contributed by atoms with E-state index in [1.54, 1.807) is 31.4 Å². The minimum atomic E-state index is -0.595. The van der Waals surface area contributed by atoms with Gasteiger partial charge in [0.1, 0.15) is 0 Å². The average Bonchev–Trinajstić information content (AvgIpc) is 2.87. The smallest absolute Gasteiger partial charge is 0.412 e. The van der Waals surface area contributed by atoms with E-state index < -0.39 is 12.3 Å². The molecule has 1 heterocycles. The van der Waals surface area contributed by atoms with Crippen molar-refractivity contribution in [2.45, 2.75) is 20.1 Å². The van der Waals surface area contributed by atoms with E-state index in [4.69, 9.17) is 13.9 Å². The first-order valence-corrected chi connectivity index (χ1v) is 5.93. The molecule has 100 valence electrons. The summed E-state index contributed by atoms with van der Waals surface area (Å²) in [6.45, 7) is 8.33. The van der Waals surface area contributed by atoms with Gasteiger partial charge in [-0.2, -0.15) is 0 Å². The van der Waals surface area contributed by atoms with Crippen molar-refractivity contribution in [3.8, 4) is 0 Å². The van der Waals surface area contributed by atoms with Gasteiger partial charge in [0.05, 0.1) is 12.9 Å². The van der Waals surface area contributed by atoms with Gasteiger partial charge in [0.2, 0.25) is 0 Å². The van der Waals surface area contributed by atoms with Gasteiger partial charge in [-0.15, -0.1) is 6.58 Å². The molecule has 0 spiro atoms. The summed E-state index contributed by atoms with van der Waals surface area (Å²) in [5.41, 5.74) is 0. The summed E-state index contributed by atoms with van der Waals surface area (Å²) in [4.78, 5) is 13.3. The molecule has 0 saturated heterocycles. The molecule has 1 unspecified atom stereocenters. The Morgan fingerprint density at radius 2 is 2.33 bits per heavy atom. The van der Waals surface area contributed by atoms with Crippen molar-refractivity contribution < 1.29 is 18.7 Å². The Hall–Kier alpha value is -1.75. The average molecular weight is 253 g/mol. The lowest BCUT2D eigenvalue weighted by atomic mass is 10.3. The third-order valence-electron chi connectivity index (χ3n) is 2.22. The zero-order chi connectivity index (χ0) is 13.4. The van der Waals surface area contributed by atoms with Gasteiger partial charge in [0.25, 0.3) is 0 Å². The summed E-state index contributed by atoms with van der Waals surface area (Å²) in [6, 6.07) is 3.51. The van der Waals surface area contributed by atoms with Crippen LogP contribution in [0.4, 0.5) is 4.79 Å². The lowest BCUT2D eigenvalue weighted by Gasteiger charge is -2.28. The van der Waals surface area contributed by atoms with Crippen LogP contribution < -0.4 is 0 Å². The van der Waals surface area contributed by atoms with E-state index in [0.717, 1.165) is 0 Å². The minimum absolute atomic E-state index is 0.309. The molecular formula is C13H19NO4. The second-order valence-corrected chi connectivity index (χ2v) is 3.46. The van der Waals surface area contributed by atoms with Crippen LogP contribution in [0.3, 0.4) is 0 Å². The molecule has 1 amide bonds. The number of ether oxygens (including phenoxy) is 2. The Labute approximate surface area is 107 Å². The Balaban J connectivity index is 2.90. The number of carbonyl (C=O) groups is 1. The number of carbonyl (C=O) groups excluding carboxylic acids is 1. The largest absolute Gasteiger partial charge is 0.465 e. The lowest BCUT2D eigenvalue weighted by molar-refractivity contribution is -0.0578. The predicted molar refractivity (Wildman–Crippen MR) is 67.0 cm³/mol. The van der Waals surface area contributed by atoms with Gasteiger partial charge in [-0.1, -0.05) is 6.08 Å². The molecule has 0 aliphatic carbocycles. The summed E-state index contributed by atoms with van der Waals surface area (Å²) in [7, 11) is 0. The molecule has 0 aromatic carbocycles. The first-order chi connectivity index (χ1) is 8.74. The number of furan rings is 1. The van der Waals surface area contributed by atoms with Crippen molar-refractivity contribution >= 4 is 6.09 Å². The van der Waals surface area contributed by atoms with Crippen LogP contribution in [0.2, 0.25) is 0 Å². The van der Waals surface area contributed by atoms with E-state index in [2.05, 4.69) is 6.58 Å². The maximum atomic E-state index is 11.9. The van der Waals surface area contributed by atoms with E-state index >= 15 is 0 Å². The molecular weight excluding hydrogens is 234 g/mol. The second kappa shape index (κ2) is 7.55. The van der Waals surface area contributed by atoms with Gasteiger partial charge in [-0.05, 0) is 26.0 Å². The number of hydrogen-bond acceptors (Lipinski definition) is 4. The van der Waals surface area contributed by atoms with E-state index in [1.165, 1.54) is 4.90 Å². The molecule has 1 aromatic heterocycles. The number of amides is 1. The van der Waals surface area contributed by atoms with E-state index in [0.29, 0.717) is 25.5 Å². The predicted octanol–water partition coefficient (Wildman–Crippen LogP) is 2.96.